The van der Waals surface area contributed by atoms with E-state index in [4.69, 9.17) is 5.73 Å². The van der Waals surface area contributed by atoms with E-state index in [1.54, 1.807) is 11.0 Å². The van der Waals surface area contributed by atoms with Gasteiger partial charge in [-0.2, -0.15) is 0 Å². The number of para-hydroxylation sites is 1. The molecule has 1 aliphatic carbocycles. The molecule has 3 N–H and O–H groups in total. The molecule has 6 heteroatoms. The first kappa shape index (κ1) is 16.6. The average Bonchev–Trinajstić information content (AvgIpc) is 3.08. The first-order chi connectivity index (χ1) is 11.6. The molecule has 0 bridgehead atoms. The molecule has 2 aromatic rings. The number of carbonyl (C=O) groups excluding carboxylic acids is 1. The lowest BCUT2D eigenvalue weighted by molar-refractivity contribution is -0.137. The van der Waals surface area contributed by atoms with Crippen LogP contribution in [0.4, 0.5) is 0 Å². The van der Waals surface area contributed by atoms with Gasteiger partial charge in [0.05, 0.1) is 17.4 Å². The predicted molar refractivity (Wildman–Crippen MR) is 93.3 cm³/mol. The number of benzene rings is 1. The minimum atomic E-state index is -0.167. The molecule has 0 radical (unpaired) electrons. The third kappa shape index (κ3) is 3.19. The van der Waals surface area contributed by atoms with Gasteiger partial charge in [0.25, 0.3) is 5.56 Å². The maximum absolute atomic E-state index is 12.8. The number of hydrogen-bond acceptors (Lipinski definition) is 4. The Morgan fingerprint density at radius 1 is 1.38 bits per heavy atom. The second kappa shape index (κ2) is 7.13. The number of aromatic nitrogens is 2. The normalized spacial score (nSPS) is 20.4. The van der Waals surface area contributed by atoms with Gasteiger partial charge in [-0.05, 0) is 44.4 Å². The Bertz CT molecular complexity index is 786. The Morgan fingerprint density at radius 2 is 2.17 bits per heavy atom. The predicted octanol–water partition coefficient (Wildman–Crippen LogP) is 1.65. The fraction of sp³-hybridized carbons (Fsp3) is 0.500. The van der Waals surface area contributed by atoms with Crippen molar-refractivity contribution in [3.63, 3.8) is 0 Å². The van der Waals surface area contributed by atoms with Crippen molar-refractivity contribution in [1.82, 2.24) is 14.9 Å². The number of aromatic amines is 1. The van der Waals surface area contributed by atoms with E-state index in [0.29, 0.717) is 36.4 Å². The summed E-state index contributed by atoms with van der Waals surface area (Å²) in [6, 6.07) is 7.23. The summed E-state index contributed by atoms with van der Waals surface area (Å²) in [6.45, 7) is 3.41. The Kier molecular flexibility index (Phi) is 4.94. The highest BCUT2D eigenvalue weighted by Gasteiger charge is 2.34. The van der Waals surface area contributed by atoms with Crippen molar-refractivity contribution in [3.05, 3.63) is 40.4 Å². The van der Waals surface area contributed by atoms with Gasteiger partial charge in [0, 0.05) is 12.5 Å². The monoisotopic (exact) mass is 328 g/mol. The van der Waals surface area contributed by atoms with Crippen molar-refractivity contribution in [2.24, 2.45) is 17.6 Å². The molecule has 1 saturated carbocycles. The molecule has 1 aliphatic rings. The highest BCUT2D eigenvalue weighted by atomic mass is 16.2. The van der Waals surface area contributed by atoms with Gasteiger partial charge in [0.1, 0.15) is 5.82 Å². The smallest absolute Gasteiger partial charge is 0.258 e. The molecule has 1 fully saturated rings. The van der Waals surface area contributed by atoms with Crippen molar-refractivity contribution < 1.29 is 4.79 Å². The van der Waals surface area contributed by atoms with Gasteiger partial charge in [-0.25, -0.2) is 4.98 Å². The molecule has 24 heavy (non-hydrogen) atoms. The van der Waals surface area contributed by atoms with Gasteiger partial charge in [-0.1, -0.05) is 18.6 Å². The van der Waals surface area contributed by atoms with Crippen LogP contribution in [0.25, 0.3) is 10.9 Å². The molecule has 3 rings (SSSR count). The maximum atomic E-state index is 12.8. The van der Waals surface area contributed by atoms with Crippen LogP contribution < -0.4 is 11.3 Å². The van der Waals surface area contributed by atoms with Crippen LogP contribution in [0.3, 0.4) is 0 Å². The third-order valence-corrected chi connectivity index (χ3v) is 4.97. The molecule has 128 valence electrons. The molecule has 0 spiro atoms. The number of H-pyrrole nitrogens is 1. The summed E-state index contributed by atoms with van der Waals surface area (Å²) in [7, 11) is 0. The molecular formula is C18H24N4O2. The quantitative estimate of drug-likeness (QED) is 0.873. The third-order valence-electron chi connectivity index (χ3n) is 4.97. The molecule has 1 amide bonds. The number of amides is 1. The van der Waals surface area contributed by atoms with Gasteiger partial charge < -0.3 is 15.6 Å². The van der Waals surface area contributed by atoms with E-state index in [0.717, 1.165) is 19.3 Å². The summed E-state index contributed by atoms with van der Waals surface area (Å²) in [6.07, 6.45) is 2.98. The van der Waals surface area contributed by atoms with Gasteiger partial charge in [-0.3, -0.25) is 9.59 Å². The Hall–Kier alpha value is -2.21. The van der Waals surface area contributed by atoms with E-state index in [9.17, 15) is 9.59 Å². The number of nitrogens with two attached hydrogens (primary N) is 1. The summed E-state index contributed by atoms with van der Waals surface area (Å²) >= 11 is 0. The van der Waals surface area contributed by atoms with Gasteiger partial charge in [0.2, 0.25) is 5.91 Å². The average molecular weight is 328 g/mol. The molecule has 0 saturated heterocycles. The summed E-state index contributed by atoms with van der Waals surface area (Å²) < 4.78 is 0. The summed E-state index contributed by atoms with van der Waals surface area (Å²) in [4.78, 5) is 34.1. The largest absolute Gasteiger partial charge is 0.335 e. The van der Waals surface area contributed by atoms with E-state index >= 15 is 0 Å². The minimum Gasteiger partial charge on any atom is -0.335 e. The lowest BCUT2D eigenvalue weighted by Gasteiger charge is -2.26. The molecule has 0 unspecified atom stereocenters. The highest BCUT2D eigenvalue weighted by molar-refractivity contribution is 5.80. The van der Waals surface area contributed by atoms with Crippen molar-refractivity contribution >= 4 is 16.8 Å². The van der Waals surface area contributed by atoms with Crippen LogP contribution in [0.2, 0.25) is 0 Å². The number of fused-ring (bicyclic) bond motifs is 1. The topological polar surface area (TPSA) is 92.1 Å². The Morgan fingerprint density at radius 3 is 2.92 bits per heavy atom. The first-order valence-corrected chi connectivity index (χ1v) is 8.60. The van der Waals surface area contributed by atoms with Crippen molar-refractivity contribution in [2.75, 3.05) is 13.1 Å². The zero-order valence-electron chi connectivity index (χ0n) is 14.0. The zero-order chi connectivity index (χ0) is 17.1. The SMILES string of the molecule is CCN(Cc1nc2ccccc2c(=O)[nH]1)C(=O)[C@@H]1CCC[C@@H]1CN. The molecule has 6 nitrogen and oxygen atoms in total. The van der Waals surface area contributed by atoms with E-state index < -0.39 is 0 Å². The van der Waals surface area contributed by atoms with E-state index in [1.165, 1.54) is 0 Å². The summed E-state index contributed by atoms with van der Waals surface area (Å²) in [5.74, 6) is 0.926. The maximum Gasteiger partial charge on any atom is 0.258 e. The number of rotatable bonds is 5. The fourth-order valence-electron chi connectivity index (χ4n) is 3.61. The van der Waals surface area contributed by atoms with Crippen LogP contribution in [0.1, 0.15) is 32.0 Å². The highest BCUT2D eigenvalue weighted by Crippen LogP contribution is 2.32. The lowest BCUT2D eigenvalue weighted by atomic mass is 9.94. The summed E-state index contributed by atoms with van der Waals surface area (Å²) in [5, 5.41) is 0.564. The van der Waals surface area contributed by atoms with Crippen molar-refractivity contribution in [2.45, 2.75) is 32.7 Å². The van der Waals surface area contributed by atoms with Crippen LogP contribution in [-0.2, 0) is 11.3 Å². The van der Waals surface area contributed by atoms with Gasteiger partial charge in [0.15, 0.2) is 0 Å². The minimum absolute atomic E-state index is 0.00197. The van der Waals surface area contributed by atoms with Crippen LogP contribution >= 0.6 is 0 Å². The molecular weight excluding hydrogens is 304 g/mol. The van der Waals surface area contributed by atoms with Crippen LogP contribution in [0, 0.1) is 11.8 Å². The van der Waals surface area contributed by atoms with Crippen LogP contribution in [0.5, 0.6) is 0 Å². The van der Waals surface area contributed by atoms with Crippen LogP contribution in [0.15, 0.2) is 29.1 Å². The molecule has 1 heterocycles. The zero-order valence-corrected chi connectivity index (χ0v) is 14.0. The van der Waals surface area contributed by atoms with Crippen LogP contribution in [-0.4, -0.2) is 33.9 Å². The second-order valence-electron chi connectivity index (χ2n) is 6.42. The number of hydrogen-bond donors (Lipinski definition) is 2. The molecule has 0 aliphatic heterocycles. The van der Waals surface area contributed by atoms with E-state index in [-0.39, 0.29) is 23.3 Å². The molecule has 2 atom stereocenters. The second-order valence-corrected chi connectivity index (χ2v) is 6.42. The van der Waals surface area contributed by atoms with Crippen molar-refractivity contribution in [3.8, 4) is 0 Å². The molecule has 1 aromatic carbocycles. The van der Waals surface area contributed by atoms with E-state index in [2.05, 4.69) is 9.97 Å². The van der Waals surface area contributed by atoms with Gasteiger partial charge >= 0.3 is 0 Å². The van der Waals surface area contributed by atoms with Gasteiger partial charge in [-0.15, -0.1) is 0 Å². The lowest BCUT2D eigenvalue weighted by Crippen LogP contribution is -2.39. The van der Waals surface area contributed by atoms with E-state index in [1.807, 2.05) is 25.1 Å². The Balaban J connectivity index is 1.83. The Labute approximate surface area is 141 Å². The number of nitrogens with zero attached hydrogens (tertiary/aromatic N) is 2. The van der Waals surface area contributed by atoms with Crippen molar-refractivity contribution in [1.29, 1.82) is 0 Å². The summed E-state index contributed by atoms with van der Waals surface area (Å²) in [5.41, 5.74) is 6.29. The fourth-order valence-corrected chi connectivity index (χ4v) is 3.61. The number of nitrogens with one attached hydrogen (secondary N) is 1. The number of carbonyl (C=O) groups is 1. The standard InChI is InChI=1S/C18H24N4O2/c1-2-22(18(24)13-8-5-6-12(13)10-19)11-16-20-15-9-4-3-7-14(15)17(23)21-16/h3-4,7,9,12-13H,2,5-6,8,10-11,19H2,1H3,(H,20,21,23)/t12-,13-/m1/s1. The first-order valence-electron chi connectivity index (χ1n) is 8.60. The molecule has 1 aromatic heterocycles.